The third kappa shape index (κ3) is 3.12. The highest BCUT2D eigenvalue weighted by atomic mass is 16.5. The zero-order chi connectivity index (χ0) is 12.8. The van der Waals surface area contributed by atoms with E-state index in [9.17, 15) is 0 Å². The number of ether oxygens (including phenoxy) is 1. The molecule has 2 rings (SSSR count). The van der Waals surface area contributed by atoms with Gasteiger partial charge < -0.3 is 10.1 Å². The average Bonchev–Trinajstić information content (AvgIpc) is 2.42. The Hall–Kier alpha value is -1.32. The summed E-state index contributed by atoms with van der Waals surface area (Å²) in [4.78, 5) is 8.59. The van der Waals surface area contributed by atoms with Gasteiger partial charge in [-0.1, -0.05) is 19.8 Å². The predicted molar refractivity (Wildman–Crippen MR) is 73.1 cm³/mol. The first kappa shape index (κ1) is 13.1. The lowest BCUT2D eigenvalue weighted by atomic mass is 9.98. The molecule has 1 heterocycles. The number of nitrogens with zero attached hydrogens (tertiary/aromatic N) is 2. The second-order valence-corrected chi connectivity index (χ2v) is 4.88. The Bertz CT molecular complexity index is 375. The summed E-state index contributed by atoms with van der Waals surface area (Å²) < 4.78 is 6.09. The van der Waals surface area contributed by atoms with Gasteiger partial charge in [0.15, 0.2) is 0 Å². The number of anilines is 1. The lowest BCUT2D eigenvalue weighted by Gasteiger charge is -2.23. The monoisotopic (exact) mass is 249 g/mol. The highest BCUT2D eigenvalue weighted by Gasteiger charge is 2.18. The summed E-state index contributed by atoms with van der Waals surface area (Å²) in [6, 6.07) is 0. The van der Waals surface area contributed by atoms with Crippen LogP contribution in [0.15, 0.2) is 6.33 Å². The van der Waals surface area contributed by atoms with E-state index >= 15 is 0 Å². The minimum Gasteiger partial charge on any atom is -0.474 e. The van der Waals surface area contributed by atoms with Crippen LogP contribution < -0.4 is 10.1 Å². The maximum Gasteiger partial charge on any atom is 0.222 e. The molecule has 1 N–H and O–H groups in total. The molecular weight excluding hydrogens is 226 g/mol. The first-order chi connectivity index (χ1) is 8.85. The van der Waals surface area contributed by atoms with Gasteiger partial charge in [0.05, 0.1) is 5.56 Å². The second kappa shape index (κ2) is 6.57. The van der Waals surface area contributed by atoms with Crippen LogP contribution in [0.25, 0.3) is 0 Å². The largest absolute Gasteiger partial charge is 0.474 e. The second-order valence-electron chi connectivity index (χ2n) is 4.88. The molecule has 100 valence electrons. The summed E-state index contributed by atoms with van der Waals surface area (Å²) in [7, 11) is 1.89. The van der Waals surface area contributed by atoms with Crippen LogP contribution in [-0.2, 0) is 6.42 Å². The van der Waals surface area contributed by atoms with Crippen LogP contribution in [0.1, 0.15) is 51.0 Å². The fourth-order valence-corrected chi connectivity index (χ4v) is 2.53. The van der Waals surface area contributed by atoms with Crippen LogP contribution in [0.4, 0.5) is 5.82 Å². The summed E-state index contributed by atoms with van der Waals surface area (Å²) in [6.45, 7) is 2.16. The number of hydrogen-bond donors (Lipinski definition) is 1. The standard InChI is InChI=1S/C14H23N3O/c1-3-7-12-13(15-2)16-10-17-14(12)18-11-8-5-4-6-9-11/h10-11H,3-9H2,1-2H3,(H,15,16,17). The van der Waals surface area contributed by atoms with Gasteiger partial charge in [-0.25, -0.2) is 9.97 Å². The normalized spacial score (nSPS) is 16.6. The van der Waals surface area contributed by atoms with Crippen molar-refractivity contribution in [3.05, 3.63) is 11.9 Å². The molecule has 0 saturated heterocycles. The molecular formula is C14H23N3O. The summed E-state index contributed by atoms with van der Waals surface area (Å²) in [6.07, 6.45) is 10.2. The molecule has 0 amide bonds. The van der Waals surface area contributed by atoms with Gasteiger partial charge in [-0.05, 0) is 32.1 Å². The van der Waals surface area contributed by atoms with Crippen LogP contribution in [0.3, 0.4) is 0 Å². The van der Waals surface area contributed by atoms with E-state index in [1.165, 1.54) is 19.3 Å². The van der Waals surface area contributed by atoms with Crippen LogP contribution in [0.5, 0.6) is 5.88 Å². The van der Waals surface area contributed by atoms with E-state index in [0.717, 1.165) is 42.9 Å². The molecule has 1 aliphatic rings. The van der Waals surface area contributed by atoms with E-state index < -0.39 is 0 Å². The van der Waals surface area contributed by atoms with E-state index in [4.69, 9.17) is 4.74 Å². The summed E-state index contributed by atoms with van der Waals surface area (Å²) in [5.41, 5.74) is 1.12. The number of rotatable bonds is 5. The van der Waals surface area contributed by atoms with Gasteiger partial charge in [-0.3, -0.25) is 0 Å². The topological polar surface area (TPSA) is 47.0 Å². The molecule has 0 spiro atoms. The van der Waals surface area contributed by atoms with Gasteiger partial charge in [-0.2, -0.15) is 0 Å². The zero-order valence-electron chi connectivity index (χ0n) is 11.4. The molecule has 0 radical (unpaired) electrons. The Labute approximate surface area is 109 Å². The molecule has 1 fully saturated rings. The van der Waals surface area contributed by atoms with Gasteiger partial charge in [0.1, 0.15) is 18.2 Å². The average molecular weight is 249 g/mol. The Morgan fingerprint density at radius 3 is 2.72 bits per heavy atom. The zero-order valence-corrected chi connectivity index (χ0v) is 11.4. The fraction of sp³-hybridized carbons (Fsp3) is 0.714. The van der Waals surface area contributed by atoms with E-state index in [0.29, 0.717) is 6.10 Å². The predicted octanol–water partition coefficient (Wildman–Crippen LogP) is 3.18. The van der Waals surface area contributed by atoms with Gasteiger partial charge in [0, 0.05) is 7.05 Å². The van der Waals surface area contributed by atoms with Crippen molar-refractivity contribution >= 4 is 5.82 Å². The van der Waals surface area contributed by atoms with Crippen molar-refractivity contribution in [2.45, 2.75) is 58.0 Å². The van der Waals surface area contributed by atoms with E-state index in [1.54, 1.807) is 6.33 Å². The molecule has 1 aromatic rings. The molecule has 0 atom stereocenters. The van der Waals surface area contributed by atoms with Crippen molar-refractivity contribution in [2.75, 3.05) is 12.4 Å². The van der Waals surface area contributed by atoms with Gasteiger partial charge in [0.25, 0.3) is 0 Å². The summed E-state index contributed by atoms with van der Waals surface area (Å²) in [5.74, 6) is 1.68. The van der Waals surface area contributed by atoms with Crippen LogP contribution >= 0.6 is 0 Å². The van der Waals surface area contributed by atoms with Crippen LogP contribution in [0.2, 0.25) is 0 Å². The van der Waals surface area contributed by atoms with Crippen molar-refractivity contribution in [1.82, 2.24) is 9.97 Å². The number of hydrogen-bond acceptors (Lipinski definition) is 4. The Kier molecular flexibility index (Phi) is 4.79. The van der Waals surface area contributed by atoms with Crippen molar-refractivity contribution in [3.8, 4) is 5.88 Å². The molecule has 1 aromatic heterocycles. The first-order valence-corrected chi connectivity index (χ1v) is 7.03. The molecule has 0 aromatic carbocycles. The molecule has 18 heavy (non-hydrogen) atoms. The van der Waals surface area contributed by atoms with Gasteiger partial charge in [-0.15, -0.1) is 0 Å². The summed E-state index contributed by atoms with van der Waals surface area (Å²) >= 11 is 0. The number of aromatic nitrogens is 2. The van der Waals surface area contributed by atoms with Crippen molar-refractivity contribution in [3.63, 3.8) is 0 Å². The molecule has 0 aliphatic heterocycles. The molecule has 1 saturated carbocycles. The van der Waals surface area contributed by atoms with Gasteiger partial charge in [0.2, 0.25) is 5.88 Å². The van der Waals surface area contributed by atoms with Crippen LogP contribution in [0, 0.1) is 0 Å². The maximum atomic E-state index is 6.09. The molecule has 1 aliphatic carbocycles. The third-order valence-corrected chi connectivity index (χ3v) is 3.47. The molecule has 0 bridgehead atoms. The highest BCUT2D eigenvalue weighted by molar-refractivity contribution is 5.48. The van der Waals surface area contributed by atoms with Crippen molar-refractivity contribution < 1.29 is 4.74 Å². The van der Waals surface area contributed by atoms with Crippen LogP contribution in [-0.4, -0.2) is 23.1 Å². The lowest BCUT2D eigenvalue weighted by Crippen LogP contribution is -2.21. The van der Waals surface area contributed by atoms with Gasteiger partial charge >= 0.3 is 0 Å². The third-order valence-electron chi connectivity index (χ3n) is 3.47. The molecule has 4 nitrogen and oxygen atoms in total. The Balaban J connectivity index is 2.14. The lowest BCUT2D eigenvalue weighted by molar-refractivity contribution is 0.147. The van der Waals surface area contributed by atoms with E-state index in [2.05, 4.69) is 22.2 Å². The summed E-state index contributed by atoms with van der Waals surface area (Å²) in [5, 5.41) is 3.13. The maximum absolute atomic E-state index is 6.09. The Morgan fingerprint density at radius 2 is 2.06 bits per heavy atom. The highest BCUT2D eigenvalue weighted by Crippen LogP contribution is 2.27. The number of nitrogens with one attached hydrogen (secondary N) is 1. The van der Waals surface area contributed by atoms with E-state index in [1.807, 2.05) is 7.05 Å². The fourth-order valence-electron chi connectivity index (χ4n) is 2.53. The Morgan fingerprint density at radius 1 is 1.28 bits per heavy atom. The van der Waals surface area contributed by atoms with Crippen molar-refractivity contribution in [1.29, 1.82) is 0 Å². The SMILES string of the molecule is CCCc1c(NC)ncnc1OC1CCCCC1. The van der Waals surface area contributed by atoms with Crippen molar-refractivity contribution in [2.24, 2.45) is 0 Å². The quantitative estimate of drug-likeness (QED) is 0.870. The van der Waals surface area contributed by atoms with E-state index in [-0.39, 0.29) is 0 Å². The molecule has 0 unspecified atom stereocenters. The minimum absolute atomic E-state index is 0.342. The first-order valence-electron chi connectivity index (χ1n) is 7.03. The molecule has 4 heteroatoms. The smallest absolute Gasteiger partial charge is 0.222 e. The minimum atomic E-state index is 0.342.